The summed E-state index contributed by atoms with van der Waals surface area (Å²) in [5.74, 6) is 2.07. The van der Waals surface area contributed by atoms with E-state index in [1.165, 1.54) is 5.56 Å². The van der Waals surface area contributed by atoms with Crippen molar-refractivity contribution in [3.8, 4) is 10.6 Å². The molecule has 1 fully saturated rings. The molecule has 2 aromatic rings. The molecular formula is C15H17ClN2OS2. The molecule has 112 valence electrons. The molecule has 1 aromatic carbocycles. The number of halogens is 1. The minimum absolute atomic E-state index is 0.463. The summed E-state index contributed by atoms with van der Waals surface area (Å²) in [6, 6.07) is 8.55. The van der Waals surface area contributed by atoms with Gasteiger partial charge in [0.25, 0.3) is 0 Å². The summed E-state index contributed by atoms with van der Waals surface area (Å²) in [6.07, 6.45) is 0. The standard InChI is InChI=1S/C15H17ClN2OS2/c16-9-14-11-20-15(17-14)13-3-1-12(2-4-13)10-18-5-7-21(19)8-6-18/h1-4,11H,5-10H2. The van der Waals surface area contributed by atoms with Crippen molar-refractivity contribution in [1.29, 1.82) is 0 Å². The molecule has 0 amide bonds. The summed E-state index contributed by atoms with van der Waals surface area (Å²) in [5.41, 5.74) is 3.36. The number of hydrogen-bond donors (Lipinski definition) is 0. The number of hydrogen-bond acceptors (Lipinski definition) is 4. The Balaban J connectivity index is 1.65. The number of thiazole rings is 1. The Morgan fingerprint density at radius 1 is 1.24 bits per heavy atom. The minimum Gasteiger partial charge on any atom is -0.297 e. The van der Waals surface area contributed by atoms with Gasteiger partial charge in [-0.2, -0.15) is 0 Å². The molecule has 0 unspecified atom stereocenters. The topological polar surface area (TPSA) is 33.2 Å². The summed E-state index contributed by atoms with van der Waals surface area (Å²) in [4.78, 5) is 6.86. The largest absolute Gasteiger partial charge is 0.297 e. The summed E-state index contributed by atoms with van der Waals surface area (Å²) in [6.45, 7) is 2.79. The van der Waals surface area contributed by atoms with Crippen LogP contribution in [0, 0.1) is 0 Å². The minimum atomic E-state index is -0.606. The van der Waals surface area contributed by atoms with E-state index in [2.05, 4.69) is 34.1 Å². The third kappa shape index (κ3) is 3.92. The molecule has 0 aliphatic carbocycles. The van der Waals surface area contributed by atoms with Gasteiger partial charge in [-0.3, -0.25) is 9.11 Å². The van der Waals surface area contributed by atoms with Crippen LogP contribution in [-0.2, 0) is 23.2 Å². The van der Waals surface area contributed by atoms with Crippen LogP contribution in [0.4, 0.5) is 0 Å². The van der Waals surface area contributed by atoms with Gasteiger partial charge in [0, 0.05) is 52.9 Å². The van der Waals surface area contributed by atoms with E-state index in [-0.39, 0.29) is 0 Å². The molecule has 0 bridgehead atoms. The summed E-state index contributed by atoms with van der Waals surface area (Å²) in [5, 5.41) is 3.02. The highest BCUT2D eigenvalue weighted by Crippen LogP contribution is 2.25. The predicted octanol–water partition coefficient (Wildman–Crippen LogP) is 3.11. The van der Waals surface area contributed by atoms with Crippen molar-refractivity contribution in [3.05, 3.63) is 40.9 Å². The van der Waals surface area contributed by atoms with Gasteiger partial charge in [-0.1, -0.05) is 24.3 Å². The predicted molar refractivity (Wildman–Crippen MR) is 90.3 cm³/mol. The number of benzene rings is 1. The van der Waals surface area contributed by atoms with Gasteiger partial charge in [0.1, 0.15) is 5.01 Å². The van der Waals surface area contributed by atoms with Crippen LogP contribution in [0.5, 0.6) is 0 Å². The van der Waals surface area contributed by atoms with Gasteiger partial charge in [-0.15, -0.1) is 22.9 Å². The smallest absolute Gasteiger partial charge is 0.123 e. The van der Waals surface area contributed by atoms with E-state index in [1.807, 2.05) is 5.38 Å². The van der Waals surface area contributed by atoms with Gasteiger partial charge in [-0.25, -0.2) is 4.98 Å². The lowest BCUT2D eigenvalue weighted by molar-refractivity contribution is 0.291. The van der Waals surface area contributed by atoms with Gasteiger partial charge in [0.05, 0.1) is 11.6 Å². The van der Waals surface area contributed by atoms with Crippen molar-refractivity contribution in [1.82, 2.24) is 9.88 Å². The van der Waals surface area contributed by atoms with Crippen molar-refractivity contribution in [2.75, 3.05) is 24.6 Å². The second-order valence-corrected chi connectivity index (χ2v) is 7.92. The number of alkyl halides is 1. The summed E-state index contributed by atoms with van der Waals surface area (Å²) >= 11 is 7.42. The van der Waals surface area contributed by atoms with Crippen molar-refractivity contribution >= 4 is 33.7 Å². The van der Waals surface area contributed by atoms with Crippen LogP contribution in [-0.4, -0.2) is 38.7 Å². The first-order valence-corrected chi connectivity index (χ1v) is 9.82. The van der Waals surface area contributed by atoms with Gasteiger partial charge >= 0.3 is 0 Å². The quantitative estimate of drug-likeness (QED) is 0.802. The van der Waals surface area contributed by atoms with Crippen LogP contribution >= 0.6 is 22.9 Å². The van der Waals surface area contributed by atoms with E-state index >= 15 is 0 Å². The molecule has 1 aliphatic heterocycles. The molecule has 3 rings (SSSR count). The Morgan fingerprint density at radius 3 is 2.57 bits per heavy atom. The Kier molecular flexibility index (Phi) is 5.06. The second-order valence-electron chi connectivity index (χ2n) is 5.10. The fourth-order valence-electron chi connectivity index (χ4n) is 2.35. The van der Waals surface area contributed by atoms with Crippen molar-refractivity contribution in [2.45, 2.75) is 12.4 Å². The lowest BCUT2D eigenvalue weighted by Crippen LogP contribution is -2.37. The van der Waals surface area contributed by atoms with E-state index in [4.69, 9.17) is 11.6 Å². The number of aromatic nitrogens is 1. The monoisotopic (exact) mass is 340 g/mol. The van der Waals surface area contributed by atoms with Gasteiger partial charge in [0.15, 0.2) is 0 Å². The SMILES string of the molecule is O=S1CCN(Cc2ccc(-c3nc(CCl)cs3)cc2)CC1. The number of nitrogens with zero attached hydrogens (tertiary/aromatic N) is 2. The van der Waals surface area contributed by atoms with E-state index in [0.717, 1.165) is 47.4 Å². The molecule has 3 nitrogen and oxygen atoms in total. The summed E-state index contributed by atoms with van der Waals surface area (Å²) in [7, 11) is -0.606. The van der Waals surface area contributed by atoms with Crippen LogP contribution in [0.25, 0.3) is 10.6 Å². The highest BCUT2D eigenvalue weighted by molar-refractivity contribution is 7.85. The lowest BCUT2D eigenvalue weighted by Gasteiger charge is -2.26. The van der Waals surface area contributed by atoms with Gasteiger partial charge in [0.2, 0.25) is 0 Å². The Bertz CT molecular complexity index is 617. The zero-order valence-electron chi connectivity index (χ0n) is 11.6. The normalized spacial score (nSPS) is 17.2. The molecule has 1 aliphatic rings. The first kappa shape index (κ1) is 15.2. The Labute approximate surface area is 136 Å². The second kappa shape index (κ2) is 7.01. The average molecular weight is 341 g/mol. The lowest BCUT2D eigenvalue weighted by atomic mass is 10.1. The van der Waals surface area contributed by atoms with Crippen LogP contribution in [0.1, 0.15) is 11.3 Å². The molecule has 6 heteroatoms. The molecule has 2 heterocycles. The van der Waals surface area contributed by atoms with E-state index in [9.17, 15) is 4.21 Å². The molecule has 21 heavy (non-hydrogen) atoms. The van der Waals surface area contributed by atoms with Crippen LogP contribution < -0.4 is 0 Å². The molecule has 0 saturated carbocycles. The van der Waals surface area contributed by atoms with E-state index in [0.29, 0.717) is 5.88 Å². The maximum absolute atomic E-state index is 11.4. The fourth-order valence-corrected chi connectivity index (χ4v) is 4.53. The fraction of sp³-hybridized carbons (Fsp3) is 0.400. The van der Waals surface area contributed by atoms with Crippen LogP contribution in [0.2, 0.25) is 0 Å². The Morgan fingerprint density at radius 2 is 1.95 bits per heavy atom. The van der Waals surface area contributed by atoms with E-state index < -0.39 is 10.8 Å². The molecule has 0 spiro atoms. The van der Waals surface area contributed by atoms with Gasteiger partial charge < -0.3 is 0 Å². The molecule has 1 aromatic heterocycles. The number of rotatable bonds is 4. The molecule has 0 radical (unpaired) electrons. The first-order chi connectivity index (χ1) is 10.2. The van der Waals surface area contributed by atoms with Crippen molar-refractivity contribution in [2.24, 2.45) is 0 Å². The van der Waals surface area contributed by atoms with Crippen molar-refractivity contribution < 1.29 is 4.21 Å². The third-order valence-corrected chi connectivity index (χ3v) is 6.06. The molecule has 1 saturated heterocycles. The molecule has 0 atom stereocenters. The van der Waals surface area contributed by atoms with Crippen molar-refractivity contribution in [3.63, 3.8) is 0 Å². The van der Waals surface area contributed by atoms with Crippen LogP contribution in [0.3, 0.4) is 0 Å². The van der Waals surface area contributed by atoms with E-state index in [1.54, 1.807) is 11.3 Å². The maximum Gasteiger partial charge on any atom is 0.123 e. The zero-order valence-corrected chi connectivity index (χ0v) is 14.0. The highest BCUT2D eigenvalue weighted by atomic mass is 35.5. The first-order valence-electron chi connectivity index (χ1n) is 6.91. The zero-order chi connectivity index (χ0) is 14.7. The van der Waals surface area contributed by atoms with Crippen LogP contribution in [0.15, 0.2) is 29.6 Å². The summed E-state index contributed by atoms with van der Waals surface area (Å²) < 4.78 is 11.4. The average Bonchev–Trinajstić information content (AvgIpc) is 2.99. The molecule has 0 N–H and O–H groups in total. The highest BCUT2D eigenvalue weighted by Gasteiger charge is 2.15. The Hall–Kier alpha value is -0.750. The maximum atomic E-state index is 11.4. The molecular weight excluding hydrogens is 324 g/mol. The van der Waals surface area contributed by atoms with Gasteiger partial charge in [-0.05, 0) is 5.56 Å². The third-order valence-electron chi connectivity index (χ3n) is 3.57.